The molecule has 1 atom stereocenters. The highest BCUT2D eigenvalue weighted by Crippen LogP contribution is 2.28. The van der Waals surface area contributed by atoms with Gasteiger partial charge in [-0.1, -0.05) is 0 Å². The molecule has 0 amide bonds. The first kappa shape index (κ1) is 12.9. The van der Waals surface area contributed by atoms with Crippen LogP contribution in [-0.4, -0.2) is 17.0 Å². The van der Waals surface area contributed by atoms with Crippen LogP contribution in [0.5, 0.6) is 0 Å². The van der Waals surface area contributed by atoms with Crippen LogP contribution < -0.4 is 5.43 Å². The van der Waals surface area contributed by atoms with E-state index in [1.54, 1.807) is 0 Å². The Hall–Kier alpha value is -2.11. The van der Waals surface area contributed by atoms with Crippen LogP contribution in [0.15, 0.2) is 17.1 Å². The standard InChI is InChI=1S/C14H10F3NO2/c15-8-1-2-9-12(17)11(16)3-10-13(9)18(5-8)4-7(6-19)14(10)20/h3-4,6,8H,1-2,5H2. The van der Waals surface area contributed by atoms with Crippen molar-refractivity contribution in [2.75, 3.05) is 0 Å². The van der Waals surface area contributed by atoms with Crippen molar-refractivity contribution in [2.24, 2.45) is 0 Å². The van der Waals surface area contributed by atoms with Crippen LogP contribution in [0.2, 0.25) is 0 Å². The summed E-state index contributed by atoms with van der Waals surface area (Å²) in [6.07, 6.45) is 0.360. The zero-order valence-electron chi connectivity index (χ0n) is 10.3. The average Bonchev–Trinajstić information content (AvgIpc) is 2.58. The zero-order valence-corrected chi connectivity index (χ0v) is 10.3. The number of benzene rings is 1. The molecular weight excluding hydrogens is 271 g/mol. The normalized spacial score (nSPS) is 18.1. The minimum absolute atomic E-state index is 0.00491. The maximum Gasteiger partial charge on any atom is 0.200 e. The minimum atomic E-state index is -1.24. The monoisotopic (exact) mass is 281 g/mol. The third-order valence-corrected chi connectivity index (χ3v) is 3.60. The fourth-order valence-corrected chi connectivity index (χ4v) is 2.68. The SMILES string of the molecule is O=Cc1cn2c3c(c(F)c(F)cc3c1=O)CCC(F)C2. The molecule has 6 heteroatoms. The van der Waals surface area contributed by atoms with Gasteiger partial charge in [-0.2, -0.15) is 0 Å². The highest BCUT2D eigenvalue weighted by molar-refractivity contribution is 5.88. The number of halogens is 3. The molecule has 1 aromatic carbocycles. The van der Waals surface area contributed by atoms with Gasteiger partial charge in [-0.25, -0.2) is 13.2 Å². The van der Waals surface area contributed by atoms with Crippen molar-refractivity contribution in [1.29, 1.82) is 0 Å². The summed E-state index contributed by atoms with van der Waals surface area (Å²) in [5, 5.41) is -0.0856. The molecule has 2 heterocycles. The number of aldehydes is 1. The molecule has 0 saturated heterocycles. The molecular formula is C14H10F3NO2. The summed E-state index contributed by atoms with van der Waals surface area (Å²) in [5.74, 6) is -2.21. The second-order valence-electron chi connectivity index (χ2n) is 4.87. The maximum atomic E-state index is 13.9. The van der Waals surface area contributed by atoms with Gasteiger partial charge in [-0.05, 0) is 18.9 Å². The molecule has 1 unspecified atom stereocenters. The summed E-state index contributed by atoms with van der Waals surface area (Å²) in [6, 6.07) is 0.776. The summed E-state index contributed by atoms with van der Waals surface area (Å²) in [7, 11) is 0. The fourth-order valence-electron chi connectivity index (χ4n) is 2.68. The summed E-state index contributed by atoms with van der Waals surface area (Å²) < 4.78 is 42.5. The van der Waals surface area contributed by atoms with E-state index in [1.807, 2.05) is 0 Å². The van der Waals surface area contributed by atoms with Crippen molar-refractivity contribution in [2.45, 2.75) is 25.6 Å². The molecule has 0 N–H and O–H groups in total. The van der Waals surface area contributed by atoms with Crippen LogP contribution in [0.1, 0.15) is 22.3 Å². The Labute approximate surface area is 111 Å². The van der Waals surface area contributed by atoms with E-state index >= 15 is 0 Å². The van der Waals surface area contributed by atoms with E-state index in [4.69, 9.17) is 0 Å². The Morgan fingerprint density at radius 1 is 1.35 bits per heavy atom. The van der Waals surface area contributed by atoms with E-state index in [-0.39, 0.29) is 41.4 Å². The lowest BCUT2D eigenvalue weighted by Crippen LogP contribution is -2.18. The van der Waals surface area contributed by atoms with Gasteiger partial charge in [0.1, 0.15) is 6.17 Å². The predicted octanol–water partition coefficient (Wildman–Crippen LogP) is 2.38. The van der Waals surface area contributed by atoms with Gasteiger partial charge in [0.2, 0.25) is 0 Å². The second-order valence-corrected chi connectivity index (χ2v) is 4.87. The smallest absolute Gasteiger partial charge is 0.200 e. The first-order valence-electron chi connectivity index (χ1n) is 6.16. The molecule has 1 aromatic heterocycles. The molecule has 0 bridgehead atoms. The topological polar surface area (TPSA) is 39.1 Å². The van der Waals surface area contributed by atoms with E-state index in [0.29, 0.717) is 6.29 Å². The van der Waals surface area contributed by atoms with Gasteiger partial charge in [0.15, 0.2) is 23.3 Å². The van der Waals surface area contributed by atoms with E-state index in [0.717, 1.165) is 6.07 Å². The molecule has 0 fully saturated rings. The Balaban J connectivity index is 2.52. The molecule has 3 rings (SSSR count). The Morgan fingerprint density at radius 3 is 2.80 bits per heavy atom. The number of rotatable bonds is 1. The number of alkyl halides is 1. The van der Waals surface area contributed by atoms with E-state index in [9.17, 15) is 22.8 Å². The molecule has 1 aliphatic rings. The van der Waals surface area contributed by atoms with Crippen LogP contribution in [0.3, 0.4) is 0 Å². The lowest BCUT2D eigenvalue weighted by atomic mass is 10.0. The average molecular weight is 281 g/mol. The summed E-state index contributed by atoms with van der Waals surface area (Å²) in [4.78, 5) is 22.9. The van der Waals surface area contributed by atoms with Gasteiger partial charge >= 0.3 is 0 Å². The first-order valence-corrected chi connectivity index (χ1v) is 6.16. The van der Waals surface area contributed by atoms with Crippen molar-refractivity contribution in [3.05, 3.63) is 45.2 Å². The van der Waals surface area contributed by atoms with Crippen LogP contribution in [-0.2, 0) is 13.0 Å². The highest BCUT2D eigenvalue weighted by Gasteiger charge is 2.24. The molecule has 2 aromatic rings. The van der Waals surface area contributed by atoms with Gasteiger partial charge in [0.25, 0.3) is 0 Å². The fraction of sp³-hybridized carbons (Fsp3) is 0.286. The zero-order chi connectivity index (χ0) is 14.4. The third kappa shape index (κ3) is 1.75. The molecule has 20 heavy (non-hydrogen) atoms. The molecule has 3 nitrogen and oxygen atoms in total. The quantitative estimate of drug-likeness (QED) is 0.753. The Morgan fingerprint density at radius 2 is 2.10 bits per heavy atom. The second kappa shape index (κ2) is 4.47. The summed E-state index contributed by atoms with van der Waals surface area (Å²) in [6.45, 7) is -0.0876. The molecule has 0 spiro atoms. The predicted molar refractivity (Wildman–Crippen MR) is 66.7 cm³/mol. The number of aromatic nitrogens is 1. The van der Waals surface area contributed by atoms with Crippen LogP contribution in [0.25, 0.3) is 10.9 Å². The number of hydrogen-bond acceptors (Lipinski definition) is 2. The molecule has 0 saturated carbocycles. The van der Waals surface area contributed by atoms with Crippen molar-refractivity contribution in [3.63, 3.8) is 0 Å². The first-order chi connectivity index (χ1) is 9.52. The van der Waals surface area contributed by atoms with Crippen molar-refractivity contribution in [3.8, 4) is 0 Å². The largest absolute Gasteiger partial charge is 0.343 e. The van der Waals surface area contributed by atoms with Gasteiger partial charge in [-0.15, -0.1) is 0 Å². The highest BCUT2D eigenvalue weighted by atomic mass is 19.2. The number of aryl methyl sites for hydroxylation is 1. The molecule has 0 radical (unpaired) electrons. The number of pyridine rings is 1. The Bertz CT molecular complexity index is 782. The van der Waals surface area contributed by atoms with Gasteiger partial charge < -0.3 is 4.57 Å². The van der Waals surface area contributed by atoms with E-state index < -0.39 is 23.2 Å². The van der Waals surface area contributed by atoms with Gasteiger partial charge in [-0.3, -0.25) is 9.59 Å². The molecule has 1 aliphatic heterocycles. The number of carbonyl (C=O) groups excluding carboxylic acids is 1. The van der Waals surface area contributed by atoms with Crippen LogP contribution in [0.4, 0.5) is 13.2 Å². The lowest BCUT2D eigenvalue weighted by molar-refractivity contribution is 0.112. The molecule has 104 valence electrons. The lowest BCUT2D eigenvalue weighted by Gasteiger charge is -2.13. The minimum Gasteiger partial charge on any atom is -0.343 e. The maximum absolute atomic E-state index is 13.9. The summed E-state index contributed by atoms with van der Waals surface area (Å²) in [5.41, 5.74) is -0.679. The van der Waals surface area contributed by atoms with Crippen molar-refractivity contribution >= 4 is 17.2 Å². The molecule has 0 aliphatic carbocycles. The number of nitrogens with zero attached hydrogens (tertiary/aromatic N) is 1. The summed E-state index contributed by atoms with van der Waals surface area (Å²) >= 11 is 0. The van der Waals surface area contributed by atoms with E-state index in [2.05, 4.69) is 0 Å². The van der Waals surface area contributed by atoms with E-state index in [1.165, 1.54) is 10.8 Å². The number of carbonyl (C=O) groups is 1. The van der Waals surface area contributed by atoms with Gasteiger partial charge in [0, 0.05) is 17.1 Å². The van der Waals surface area contributed by atoms with Crippen molar-refractivity contribution in [1.82, 2.24) is 4.57 Å². The Kier molecular flexibility index (Phi) is 2.88. The van der Waals surface area contributed by atoms with Crippen LogP contribution in [0, 0.1) is 11.6 Å². The van der Waals surface area contributed by atoms with Crippen molar-refractivity contribution < 1.29 is 18.0 Å². The third-order valence-electron chi connectivity index (χ3n) is 3.60. The number of hydrogen-bond donors (Lipinski definition) is 0. The van der Waals surface area contributed by atoms with Gasteiger partial charge in [0.05, 0.1) is 17.6 Å². The van der Waals surface area contributed by atoms with Crippen LogP contribution >= 0.6 is 0 Å².